The average Bonchev–Trinajstić information content (AvgIpc) is 2.42. The van der Waals surface area contributed by atoms with E-state index in [0.29, 0.717) is 24.9 Å². The van der Waals surface area contributed by atoms with Crippen LogP contribution in [0.4, 0.5) is 4.79 Å². The van der Waals surface area contributed by atoms with E-state index in [0.717, 1.165) is 25.7 Å². The number of carbonyl (C=O) groups excluding carboxylic acids is 1. The van der Waals surface area contributed by atoms with Crippen molar-refractivity contribution in [2.45, 2.75) is 46.0 Å². The predicted molar refractivity (Wildman–Crippen MR) is 83.1 cm³/mol. The van der Waals surface area contributed by atoms with Crippen LogP contribution in [0.15, 0.2) is 12.2 Å². The Morgan fingerprint density at radius 2 is 2.05 bits per heavy atom. The van der Waals surface area contributed by atoms with Gasteiger partial charge in [-0.05, 0) is 43.4 Å². The monoisotopic (exact) mass is 296 g/mol. The van der Waals surface area contributed by atoms with E-state index in [4.69, 9.17) is 5.11 Å². The summed E-state index contributed by atoms with van der Waals surface area (Å²) in [7, 11) is 0. The summed E-state index contributed by atoms with van der Waals surface area (Å²) in [4.78, 5) is 22.6. The van der Waals surface area contributed by atoms with Gasteiger partial charge in [0.2, 0.25) is 0 Å². The molecule has 0 aromatic carbocycles. The van der Waals surface area contributed by atoms with Gasteiger partial charge in [-0.2, -0.15) is 0 Å². The largest absolute Gasteiger partial charge is 0.481 e. The zero-order valence-corrected chi connectivity index (χ0v) is 13.1. The fourth-order valence-electron chi connectivity index (χ4n) is 2.73. The molecule has 2 amide bonds. The van der Waals surface area contributed by atoms with Crippen LogP contribution in [0.1, 0.15) is 46.0 Å². The van der Waals surface area contributed by atoms with Crippen molar-refractivity contribution in [1.82, 2.24) is 10.6 Å². The molecule has 2 atom stereocenters. The Labute approximate surface area is 127 Å². The number of amides is 2. The third-order valence-corrected chi connectivity index (χ3v) is 3.75. The second kappa shape index (κ2) is 9.42. The summed E-state index contributed by atoms with van der Waals surface area (Å²) in [6.45, 7) is 5.22. The lowest BCUT2D eigenvalue weighted by Gasteiger charge is -2.20. The summed E-state index contributed by atoms with van der Waals surface area (Å²) in [5.74, 6) is 0.127. The lowest BCUT2D eigenvalue weighted by molar-refractivity contribution is -0.138. The molecule has 1 aliphatic carbocycles. The van der Waals surface area contributed by atoms with Crippen molar-refractivity contribution >= 4 is 12.0 Å². The molecule has 0 bridgehead atoms. The number of aliphatic carboxylic acids is 1. The molecule has 3 N–H and O–H groups in total. The number of carbonyl (C=O) groups is 2. The van der Waals surface area contributed by atoms with Crippen LogP contribution in [0.3, 0.4) is 0 Å². The zero-order valence-electron chi connectivity index (χ0n) is 13.1. The van der Waals surface area contributed by atoms with Gasteiger partial charge in [0.15, 0.2) is 0 Å². The number of hydrogen-bond donors (Lipinski definition) is 3. The van der Waals surface area contributed by atoms with Crippen molar-refractivity contribution in [2.75, 3.05) is 13.1 Å². The number of rotatable bonds is 8. The third kappa shape index (κ3) is 8.38. The molecule has 1 rings (SSSR count). The molecule has 0 heterocycles. The summed E-state index contributed by atoms with van der Waals surface area (Å²) in [6, 6.07) is -0.191. The topological polar surface area (TPSA) is 78.4 Å². The van der Waals surface area contributed by atoms with E-state index in [1.54, 1.807) is 0 Å². The maximum absolute atomic E-state index is 11.8. The van der Waals surface area contributed by atoms with E-state index in [1.807, 2.05) is 0 Å². The highest BCUT2D eigenvalue weighted by Gasteiger charge is 2.16. The highest BCUT2D eigenvalue weighted by atomic mass is 16.4. The van der Waals surface area contributed by atoms with Crippen LogP contribution >= 0.6 is 0 Å². The maximum atomic E-state index is 11.8. The predicted octanol–water partition coefficient (Wildman–Crippen LogP) is 2.78. The Balaban J connectivity index is 2.24. The minimum Gasteiger partial charge on any atom is -0.481 e. The first kappa shape index (κ1) is 17.5. The minimum atomic E-state index is -0.808. The van der Waals surface area contributed by atoms with Crippen LogP contribution in [-0.2, 0) is 4.79 Å². The first-order valence-electron chi connectivity index (χ1n) is 7.85. The second-order valence-corrected chi connectivity index (χ2v) is 6.33. The summed E-state index contributed by atoms with van der Waals surface area (Å²) < 4.78 is 0. The van der Waals surface area contributed by atoms with Crippen LogP contribution in [0.25, 0.3) is 0 Å². The van der Waals surface area contributed by atoms with Gasteiger partial charge in [-0.3, -0.25) is 4.79 Å². The molecule has 120 valence electrons. The molecule has 0 radical (unpaired) electrons. The molecule has 0 aliphatic heterocycles. The summed E-state index contributed by atoms with van der Waals surface area (Å²) in [5, 5.41) is 14.6. The molecular weight excluding hydrogens is 268 g/mol. The minimum absolute atomic E-state index is 0.00846. The third-order valence-electron chi connectivity index (χ3n) is 3.75. The van der Waals surface area contributed by atoms with Crippen molar-refractivity contribution in [3.63, 3.8) is 0 Å². The Morgan fingerprint density at radius 1 is 1.29 bits per heavy atom. The molecule has 1 aliphatic rings. The van der Waals surface area contributed by atoms with E-state index in [1.165, 1.54) is 0 Å². The highest BCUT2D eigenvalue weighted by molar-refractivity contribution is 5.74. The van der Waals surface area contributed by atoms with Crippen molar-refractivity contribution in [3.8, 4) is 0 Å². The van der Waals surface area contributed by atoms with Gasteiger partial charge >= 0.3 is 12.0 Å². The molecular formula is C16H28N2O3. The first-order valence-corrected chi connectivity index (χ1v) is 7.85. The van der Waals surface area contributed by atoms with Crippen LogP contribution < -0.4 is 10.6 Å². The van der Waals surface area contributed by atoms with E-state index < -0.39 is 5.97 Å². The smallest absolute Gasteiger partial charge is 0.314 e. The first-order chi connectivity index (χ1) is 9.97. The second-order valence-electron chi connectivity index (χ2n) is 6.33. The molecule has 5 heteroatoms. The van der Waals surface area contributed by atoms with Gasteiger partial charge in [-0.1, -0.05) is 26.0 Å². The summed E-state index contributed by atoms with van der Waals surface area (Å²) in [5.41, 5.74) is 0. The molecule has 0 saturated heterocycles. The maximum Gasteiger partial charge on any atom is 0.314 e. The summed E-state index contributed by atoms with van der Waals surface area (Å²) in [6.07, 6.45) is 8.48. The lowest BCUT2D eigenvalue weighted by Crippen LogP contribution is -2.41. The van der Waals surface area contributed by atoms with Crippen molar-refractivity contribution < 1.29 is 14.7 Å². The molecule has 21 heavy (non-hydrogen) atoms. The van der Waals surface area contributed by atoms with Gasteiger partial charge in [0.25, 0.3) is 0 Å². The molecule has 0 aromatic heterocycles. The van der Waals surface area contributed by atoms with Crippen LogP contribution in [0, 0.1) is 17.8 Å². The van der Waals surface area contributed by atoms with Crippen LogP contribution in [-0.4, -0.2) is 30.2 Å². The van der Waals surface area contributed by atoms with Crippen molar-refractivity contribution in [2.24, 2.45) is 17.8 Å². The Hall–Kier alpha value is -1.52. The number of hydrogen-bond acceptors (Lipinski definition) is 2. The van der Waals surface area contributed by atoms with E-state index >= 15 is 0 Å². The van der Waals surface area contributed by atoms with Gasteiger partial charge < -0.3 is 15.7 Å². The van der Waals surface area contributed by atoms with Gasteiger partial charge in [0, 0.05) is 19.5 Å². The molecule has 0 aromatic rings. The fraction of sp³-hybridized carbons (Fsp3) is 0.750. The average molecular weight is 296 g/mol. The lowest BCUT2D eigenvalue weighted by atomic mass is 9.94. The zero-order chi connectivity index (χ0) is 15.7. The quantitative estimate of drug-likeness (QED) is 0.603. The van der Waals surface area contributed by atoms with E-state index in [2.05, 4.69) is 36.6 Å². The van der Waals surface area contributed by atoms with E-state index in [9.17, 15) is 9.59 Å². The molecule has 0 saturated carbocycles. The number of urea groups is 1. The summed E-state index contributed by atoms with van der Waals surface area (Å²) >= 11 is 0. The Morgan fingerprint density at radius 3 is 2.62 bits per heavy atom. The van der Waals surface area contributed by atoms with Crippen LogP contribution in [0.5, 0.6) is 0 Å². The number of nitrogens with one attached hydrogen (secondary N) is 2. The van der Waals surface area contributed by atoms with E-state index in [-0.39, 0.29) is 18.4 Å². The Bertz CT molecular complexity index is 367. The standard InChI is InChI=1S/C16H28N2O3/c1-12(2)8-14(9-15(19)20)11-18-16(21)17-10-13-6-4-3-5-7-13/h3-4,12-14H,5-11H2,1-2H3,(H,19,20)(H2,17,18,21)/t13?,14-/m0/s1. The normalized spacial score (nSPS) is 19.3. The van der Waals surface area contributed by atoms with Gasteiger partial charge in [-0.15, -0.1) is 0 Å². The van der Waals surface area contributed by atoms with Crippen LogP contribution in [0.2, 0.25) is 0 Å². The SMILES string of the molecule is CC(C)C[C@H](CNC(=O)NCC1CC=CCC1)CC(=O)O. The molecule has 0 spiro atoms. The Kier molecular flexibility index (Phi) is 7.87. The van der Waals surface area contributed by atoms with Crippen molar-refractivity contribution in [1.29, 1.82) is 0 Å². The van der Waals surface area contributed by atoms with Gasteiger partial charge in [-0.25, -0.2) is 4.79 Å². The number of carboxylic acid groups (broad SMARTS) is 1. The van der Waals surface area contributed by atoms with Gasteiger partial charge in [0.05, 0.1) is 0 Å². The number of carboxylic acids is 1. The molecule has 0 fully saturated rings. The van der Waals surface area contributed by atoms with Crippen molar-refractivity contribution in [3.05, 3.63) is 12.2 Å². The fourth-order valence-corrected chi connectivity index (χ4v) is 2.73. The molecule has 5 nitrogen and oxygen atoms in total. The van der Waals surface area contributed by atoms with Gasteiger partial charge in [0.1, 0.15) is 0 Å². The molecule has 1 unspecified atom stereocenters. The highest BCUT2D eigenvalue weighted by Crippen LogP contribution is 2.17. The number of allylic oxidation sites excluding steroid dienone is 2.